The monoisotopic (exact) mass is 201 g/mol. The Balaban J connectivity index is 2.95. The maximum atomic E-state index is 11.3. The van der Waals surface area contributed by atoms with Crippen molar-refractivity contribution in [1.82, 2.24) is 4.90 Å². The minimum absolute atomic E-state index is 0.0834. The highest BCUT2D eigenvalue weighted by Crippen LogP contribution is 2.27. The molecule has 5 heteroatoms. The lowest BCUT2D eigenvalue weighted by molar-refractivity contribution is -0.195. The van der Waals surface area contributed by atoms with Gasteiger partial charge in [0.2, 0.25) is 5.91 Å². The molecule has 0 bridgehead atoms. The van der Waals surface area contributed by atoms with Gasteiger partial charge in [-0.25, -0.2) is 4.79 Å². The van der Waals surface area contributed by atoms with Crippen LogP contribution in [0.1, 0.15) is 20.8 Å². The van der Waals surface area contributed by atoms with Gasteiger partial charge in [0, 0.05) is 13.0 Å². The Morgan fingerprint density at radius 2 is 1.93 bits per heavy atom. The summed E-state index contributed by atoms with van der Waals surface area (Å²) in [4.78, 5) is 23.8. The first-order valence-corrected chi connectivity index (χ1v) is 4.53. The SMILES string of the molecule is CC(=O)N(C(C)C)C1(C(=O)O)COC1. The Hall–Kier alpha value is -1.10. The van der Waals surface area contributed by atoms with Gasteiger partial charge in [-0.2, -0.15) is 0 Å². The van der Waals surface area contributed by atoms with Crippen molar-refractivity contribution in [2.45, 2.75) is 32.4 Å². The summed E-state index contributed by atoms with van der Waals surface area (Å²) < 4.78 is 4.91. The van der Waals surface area contributed by atoms with Gasteiger partial charge in [-0.15, -0.1) is 0 Å². The molecule has 0 radical (unpaired) electrons. The third kappa shape index (κ3) is 1.48. The number of hydrogen-bond donors (Lipinski definition) is 1. The zero-order valence-electron chi connectivity index (χ0n) is 8.61. The molecule has 0 aromatic carbocycles. The summed E-state index contributed by atoms with van der Waals surface area (Å²) in [6, 6.07) is -0.132. The highest BCUT2D eigenvalue weighted by Gasteiger charge is 2.53. The molecule has 5 nitrogen and oxygen atoms in total. The number of hydrogen-bond acceptors (Lipinski definition) is 3. The molecule has 0 aromatic rings. The molecule has 0 atom stereocenters. The molecule has 0 aromatic heterocycles. The van der Waals surface area contributed by atoms with E-state index in [9.17, 15) is 9.59 Å². The standard InChI is InChI=1S/C9H15NO4/c1-6(2)10(7(3)11)9(8(12)13)4-14-5-9/h6H,4-5H2,1-3H3,(H,12,13). The van der Waals surface area contributed by atoms with Crippen molar-refractivity contribution < 1.29 is 19.4 Å². The van der Waals surface area contributed by atoms with Crippen LogP contribution in [0.2, 0.25) is 0 Å². The molecular formula is C9H15NO4. The molecule has 1 aliphatic rings. The number of carbonyl (C=O) groups excluding carboxylic acids is 1. The minimum Gasteiger partial charge on any atom is -0.479 e. The average Bonchev–Trinajstić information content (AvgIpc) is 1.93. The van der Waals surface area contributed by atoms with Gasteiger partial charge in [-0.05, 0) is 13.8 Å². The fourth-order valence-corrected chi connectivity index (χ4v) is 1.82. The molecule has 1 amide bonds. The lowest BCUT2D eigenvalue weighted by atomic mass is 9.93. The van der Waals surface area contributed by atoms with E-state index in [0.29, 0.717) is 0 Å². The number of carboxylic acid groups (broad SMARTS) is 1. The maximum Gasteiger partial charge on any atom is 0.334 e. The molecule has 1 rings (SSSR count). The van der Waals surface area contributed by atoms with Crippen molar-refractivity contribution in [3.05, 3.63) is 0 Å². The lowest BCUT2D eigenvalue weighted by Gasteiger charge is -2.47. The number of nitrogens with zero attached hydrogens (tertiary/aromatic N) is 1. The Morgan fingerprint density at radius 1 is 1.43 bits per heavy atom. The largest absolute Gasteiger partial charge is 0.479 e. The van der Waals surface area contributed by atoms with E-state index in [1.54, 1.807) is 13.8 Å². The van der Waals surface area contributed by atoms with Gasteiger partial charge < -0.3 is 14.7 Å². The topological polar surface area (TPSA) is 66.8 Å². The molecule has 0 saturated carbocycles. The first-order chi connectivity index (χ1) is 6.42. The van der Waals surface area contributed by atoms with Gasteiger partial charge >= 0.3 is 5.97 Å². The van der Waals surface area contributed by atoms with Gasteiger partial charge in [0.05, 0.1) is 13.2 Å². The Bertz CT molecular complexity index is 258. The molecule has 1 fully saturated rings. The zero-order chi connectivity index (χ0) is 10.9. The maximum absolute atomic E-state index is 11.3. The average molecular weight is 201 g/mol. The molecule has 14 heavy (non-hydrogen) atoms. The van der Waals surface area contributed by atoms with Crippen LogP contribution < -0.4 is 0 Å². The summed E-state index contributed by atoms with van der Waals surface area (Å²) >= 11 is 0. The Kier molecular flexibility index (Phi) is 2.80. The molecule has 1 aliphatic heterocycles. The minimum atomic E-state index is -1.14. The second kappa shape index (κ2) is 3.57. The van der Waals surface area contributed by atoms with Crippen LogP contribution in [0.5, 0.6) is 0 Å². The number of rotatable bonds is 3. The Labute approximate surface area is 82.6 Å². The molecule has 80 valence electrons. The van der Waals surface area contributed by atoms with Crippen LogP contribution in [0.4, 0.5) is 0 Å². The second-order valence-electron chi connectivity index (χ2n) is 3.81. The van der Waals surface area contributed by atoms with Gasteiger partial charge in [0.1, 0.15) is 0 Å². The fourth-order valence-electron chi connectivity index (χ4n) is 1.82. The number of amides is 1. The zero-order valence-corrected chi connectivity index (χ0v) is 8.61. The van der Waals surface area contributed by atoms with E-state index >= 15 is 0 Å². The van der Waals surface area contributed by atoms with Gasteiger partial charge in [0.25, 0.3) is 0 Å². The third-order valence-corrected chi connectivity index (χ3v) is 2.40. The summed E-state index contributed by atoms with van der Waals surface area (Å²) in [6.07, 6.45) is 0. The second-order valence-corrected chi connectivity index (χ2v) is 3.81. The van der Waals surface area contributed by atoms with E-state index in [2.05, 4.69) is 0 Å². The number of ether oxygens (including phenoxy) is 1. The van der Waals surface area contributed by atoms with Crippen molar-refractivity contribution in [2.24, 2.45) is 0 Å². The van der Waals surface area contributed by atoms with Gasteiger partial charge in [0.15, 0.2) is 5.54 Å². The molecule has 0 spiro atoms. The third-order valence-electron chi connectivity index (χ3n) is 2.40. The predicted octanol–water partition coefficient (Wildman–Crippen LogP) is 0.0969. The van der Waals surface area contributed by atoms with E-state index in [0.717, 1.165) is 0 Å². The normalized spacial score (nSPS) is 18.9. The number of carboxylic acids is 1. The van der Waals surface area contributed by atoms with E-state index in [4.69, 9.17) is 9.84 Å². The van der Waals surface area contributed by atoms with E-state index in [-0.39, 0.29) is 25.2 Å². The fraction of sp³-hybridized carbons (Fsp3) is 0.778. The number of carbonyl (C=O) groups is 2. The van der Waals surface area contributed by atoms with Gasteiger partial charge in [-0.3, -0.25) is 4.79 Å². The van der Waals surface area contributed by atoms with Crippen LogP contribution in [0.15, 0.2) is 0 Å². The molecule has 0 aliphatic carbocycles. The summed E-state index contributed by atoms with van der Waals surface area (Å²) in [5.41, 5.74) is -1.14. The smallest absolute Gasteiger partial charge is 0.334 e. The predicted molar refractivity (Wildman–Crippen MR) is 48.8 cm³/mol. The van der Waals surface area contributed by atoms with Crippen molar-refractivity contribution in [2.75, 3.05) is 13.2 Å². The molecular weight excluding hydrogens is 186 g/mol. The van der Waals surface area contributed by atoms with Crippen molar-refractivity contribution in [3.63, 3.8) is 0 Å². The summed E-state index contributed by atoms with van der Waals surface area (Å²) in [5, 5.41) is 9.08. The first-order valence-electron chi connectivity index (χ1n) is 4.53. The Morgan fingerprint density at radius 3 is 2.00 bits per heavy atom. The first kappa shape index (κ1) is 11.0. The van der Waals surface area contributed by atoms with Gasteiger partial charge in [-0.1, -0.05) is 0 Å². The van der Waals surface area contributed by atoms with E-state index < -0.39 is 11.5 Å². The van der Waals surface area contributed by atoms with Crippen molar-refractivity contribution in [3.8, 4) is 0 Å². The lowest BCUT2D eigenvalue weighted by Crippen LogP contribution is -2.69. The van der Waals surface area contributed by atoms with Crippen molar-refractivity contribution >= 4 is 11.9 Å². The highest BCUT2D eigenvalue weighted by molar-refractivity contribution is 5.87. The quantitative estimate of drug-likeness (QED) is 0.703. The number of aliphatic carboxylic acids is 1. The van der Waals surface area contributed by atoms with E-state index in [1.165, 1.54) is 11.8 Å². The molecule has 0 unspecified atom stereocenters. The van der Waals surface area contributed by atoms with Crippen LogP contribution in [0.3, 0.4) is 0 Å². The molecule has 1 N–H and O–H groups in total. The highest BCUT2D eigenvalue weighted by atomic mass is 16.5. The summed E-state index contributed by atoms with van der Waals surface area (Å²) in [7, 11) is 0. The summed E-state index contributed by atoms with van der Waals surface area (Å²) in [5.74, 6) is -1.22. The molecule has 1 saturated heterocycles. The van der Waals surface area contributed by atoms with Crippen molar-refractivity contribution in [1.29, 1.82) is 0 Å². The molecule has 1 heterocycles. The van der Waals surface area contributed by atoms with Crippen LogP contribution in [0, 0.1) is 0 Å². The van der Waals surface area contributed by atoms with Crippen LogP contribution in [-0.4, -0.2) is 46.7 Å². The summed E-state index contributed by atoms with van der Waals surface area (Å²) in [6.45, 7) is 5.14. The van der Waals surface area contributed by atoms with E-state index in [1.807, 2.05) is 0 Å². The van der Waals surface area contributed by atoms with Crippen LogP contribution in [-0.2, 0) is 14.3 Å². The van der Waals surface area contributed by atoms with Crippen LogP contribution in [0.25, 0.3) is 0 Å². The van der Waals surface area contributed by atoms with Crippen LogP contribution >= 0.6 is 0 Å².